The molecule has 1 aliphatic heterocycles. The van der Waals surface area contributed by atoms with Gasteiger partial charge in [0.15, 0.2) is 0 Å². The van der Waals surface area contributed by atoms with Crippen molar-refractivity contribution in [3.63, 3.8) is 0 Å². The van der Waals surface area contributed by atoms with Crippen molar-refractivity contribution in [3.05, 3.63) is 33.1 Å². The Morgan fingerprint density at radius 3 is 2.94 bits per heavy atom. The van der Waals surface area contributed by atoms with Crippen molar-refractivity contribution in [2.45, 2.75) is 12.5 Å². The van der Waals surface area contributed by atoms with E-state index in [0.29, 0.717) is 19.5 Å². The molecule has 1 unspecified atom stereocenters. The molecule has 2 heterocycles. The lowest BCUT2D eigenvalue weighted by molar-refractivity contribution is -0.385. The number of hydrogen-bond acceptors (Lipinski definition) is 5. The van der Waals surface area contributed by atoms with Gasteiger partial charge in [-0.1, -0.05) is 11.6 Å². The molecule has 0 saturated carbocycles. The van der Waals surface area contributed by atoms with E-state index in [1.54, 1.807) is 0 Å². The lowest BCUT2D eigenvalue weighted by Crippen LogP contribution is -2.32. The van der Waals surface area contributed by atoms with Gasteiger partial charge in [0.25, 0.3) is 11.6 Å². The van der Waals surface area contributed by atoms with Crippen LogP contribution in [0.4, 0.5) is 5.69 Å². The quantitative estimate of drug-likeness (QED) is 0.487. The predicted octanol–water partition coefficient (Wildman–Crippen LogP) is 0.816. The average molecular weight is 271 g/mol. The van der Waals surface area contributed by atoms with Crippen LogP contribution in [0.1, 0.15) is 16.8 Å². The van der Waals surface area contributed by atoms with E-state index < -0.39 is 4.92 Å². The number of aromatic nitrogens is 1. The maximum atomic E-state index is 12.1. The lowest BCUT2D eigenvalue weighted by Gasteiger charge is -2.15. The molecule has 2 N–H and O–H groups in total. The van der Waals surface area contributed by atoms with Crippen LogP contribution in [0.15, 0.2) is 12.3 Å². The highest BCUT2D eigenvalue weighted by atomic mass is 35.5. The first kappa shape index (κ1) is 12.7. The highest BCUT2D eigenvalue weighted by molar-refractivity contribution is 6.32. The van der Waals surface area contributed by atoms with Gasteiger partial charge < -0.3 is 10.6 Å². The predicted molar refractivity (Wildman–Crippen MR) is 64.4 cm³/mol. The molecule has 0 radical (unpaired) electrons. The van der Waals surface area contributed by atoms with Crippen LogP contribution in [-0.4, -0.2) is 39.8 Å². The Morgan fingerprint density at radius 2 is 2.39 bits per heavy atom. The van der Waals surface area contributed by atoms with E-state index >= 15 is 0 Å². The van der Waals surface area contributed by atoms with Crippen LogP contribution in [0, 0.1) is 10.1 Å². The van der Waals surface area contributed by atoms with Crippen molar-refractivity contribution >= 4 is 23.2 Å². The molecular formula is C10H11ClN4O3. The summed E-state index contributed by atoms with van der Waals surface area (Å²) in [6.45, 7) is 0.955. The van der Waals surface area contributed by atoms with Gasteiger partial charge in [-0.15, -0.1) is 0 Å². The normalized spacial score (nSPS) is 19.0. The first-order valence-corrected chi connectivity index (χ1v) is 5.71. The number of hydrogen-bond donors (Lipinski definition) is 1. The third-order valence-electron chi connectivity index (χ3n) is 2.78. The molecule has 1 aromatic heterocycles. The molecule has 0 spiro atoms. The van der Waals surface area contributed by atoms with Gasteiger partial charge in [-0.2, -0.15) is 0 Å². The molecule has 8 heteroatoms. The van der Waals surface area contributed by atoms with Crippen molar-refractivity contribution < 1.29 is 9.72 Å². The summed E-state index contributed by atoms with van der Waals surface area (Å²) in [6.07, 6.45) is 1.74. The molecule has 1 amide bonds. The zero-order valence-corrected chi connectivity index (χ0v) is 10.1. The van der Waals surface area contributed by atoms with Crippen molar-refractivity contribution in [2.24, 2.45) is 5.73 Å². The van der Waals surface area contributed by atoms with Gasteiger partial charge in [0, 0.05) is 25.2 Å². The first-order valence-electron chi connectivity index (χ1n) is 5.34. The fraction of sp³-hybridized carbons (Fsp3) is 0.400. The third-order valence-corrected chi connectivity index (χ3v) is 3.08. The fourth-order valence-electron chi connectivity index (χ4n) is 1.83. The summed E-state index contributed by atoms with van der Waals surface area (Å²) in [5.41, 5.74) is 5.49. The number of amides is 1. The van der Waals surface area contributed by atoms with Crippen LogP contribution in [-0.2, 0) is 0 Å². The number of likely N-dealkylation sites (tertiary alicyclic amines) is 1. The van der Waals surface area contributed by atoms with Gasteiger partial charge in [0.05, 0.1) is 10.5 Å². The largest absolute Gasteiger partial charge is 0.337 e. The molecule has 1 fully saturated rings. The van der Waals surface area contributed by atoms with Gasteiger partial charge in [-0.3, -0.25) is 14.9 Å². The van der Waals surface area contributed by atoms with Crippen molar-refractivity contribution in [2.75, 3.05) is 13.1 Å². The van der Waals surface area contributed by atoms with E-state index in [2.05, 4.69) is 4.98 Å². The van der Waals surface area contributed by atoms with Gasteiger partial charge in [-0.25, -0.2) is 4.98 Å². The highest BCUT2D eigenvalue weighted by Gasteiger charge is 2.27. The van der Waals surface area contributed by atoms with Crippen LogP contribution in [0.3, 0.4) is 0 Å². The Hall–Kier alpha value is -1.73. The first-order chi connectivity index (χ1) is 8.49. The maximum Gasteiger partial charge on any atom is 0.288 e. The van der Waals surface area contributed by atoms with Gasteiger partial charge in [0.1, 0.15) is 11.3 Å². The molecule has 7 nitrogen and oxygen atoms in total. The average Bonchev–Trinajstić information content (AvgIpc) is 2.75. The molecular weight excluding hydrogens is 260 g/mol. The van der Waals surface area contributed by atoms with E-state index in [0.717, 1.165) is 12.3 Å². The molecule has 1 atom stereocenters. The van der Waals surface area contributed by atoms with E-state index in [9.17, 15) is 14.9 Å². The summed E-state index contributed by atoms with van der Waals surface area (Å²) in [4.78, 5) is 27.3. The third kappa shape index (κ3) is 2.41. The zero-order chi connectivity index (χ0) is 13.3. The highest BCUT2D eigenvalue weighted by Crippen LogP contribution is 2.22. The minimum Gasteiger partial charge on any atom is -0.337 e. The van der Waals surface area contributed by atoms with Crippen LogP contribution >= 0.6 is 11.6 Å². The number of halogens is 1. The van der Waals surface area contributed by atoms with E-state index in [1.807, 2.05) is 0 Å². The minimum absolute atomic E-state index is 0.0360. The second kappa shape index (κ2) is 4.87. The second-order valence-electron chi connectivity index (χ2n) is 4.09. The summed E-state index contributed by atoms with van der Waals surface area (Å²) >= 11 is 5.80. The Bertz CT molecular complexity index is 508. The van der Waals surface area contributed by atoms with Crippen LogP contribution in [0.25, 0.3) is 0 Å². The fourth-order valence-corrected chi connectivity index (χ4v) is 2.01. The molecule has 18 heavy (non-hydrogen) atoms. The molecule has 1 aromatic rings. The Kier molecular flexibility index (Phi) is 3.44. The van der Waals surface area contributed by atoms with Gasteiger partial charge in [0.2, 0.25) is 0 Å². The van der Waals surface area contributed by atoms with Gasteiger partial charge >= 0.3 is 0 Å². The Labute approximate surface area is 108 Å². The molecule has 1 saturated heterocycles. The number of nitrogens with two attached hydrogens (primary N) is 1. The molecule has 1 aliphatic rings. The SMILES string of the molecule is NC1CCN(C(=O)c2cc([N+](=O)[O-])cnc2Cl)C1. The number of nitrogens with zero attached hydrogens (tertiary/aromatic N) is 3. The van der Waals surface area contributed by atoms with Crippen molar-refractivity contribution in [1.29, 1.82) is 0 Å². The summed E-state index contributed by atoms with van der Waals surface area (Å²) in [6, 6.07) is 1.08. The summed E-state index contributed by atoms with van der Waals surface area (Å²) in [7, 11) is 0. The Balaban J connectivity index is 2.29. The summed E-state index contributed by atoms with van der Waals surface area (Å²) in [5.74, 6) is -0.371. The summed E-state index contributed by atoms with van der Waals surface area (Å²) in [5, 5.41) is 10.6. The standard InChI is InChI=1S/C10H11ClN4O3/c11-9-8(3-7(4-13-9)15(17)18)10(16)14-2-1-6(12)5-14/h3-4,6H,1-2,5,12H2. The summed E-state index contributed by atoms with van der Waals surface area (Å²) < 4.78 is 0. The molecule has 0 bridgehead atoms. The number of pyridine rings is 1. The zero-order valence-electron chi connectivity index (χ0n) is 9.38. The Morgan fingerprint density at radius 1 is 1.67 bits per heavy atom. The number of carbonyl (C=O) groups is 1. The molecule has 2 rings (SSSR count). The molecule has 0 aromatic carbocycles. The van der Waals surface area contributed by atoms with E-state index in [1.165, 1.54) is 4.90 Å². The number of carbonyl (C=O) groups excluding carboxylic acids is 1. The van der Waals surface area contributed by atoms with Crippen LogP contribution in [0.2, 0.25) is 5.15 Å². The molecule has 0 aliphatic carbocycles. The molecule has 96 valence electrons. The number of nitro groups is 1. The second-order valence-corrected chi connectivity index (χ2v) is 4.45. The van der Waals surface area contributed by atoms with Crippen molar-refractivity contribution in [3.8, 4) is 0 Å². The smallest absolute Gasteiger partial charge is 0.288 e. The minimum atomic E-state index is -0.615. The number of rotatable bonds is 2. The monoisotopic (exact) mass is 270 g/mol. The van der Waals surface area contributed by atoms with Crippen LogP contribution in [0.5, 0.6) is 0 Å². The van der Waals surface area contributed by atoms with Crippen LogP contribution < -0.4 is 5.73 Å². The topological polar surface area (TPSA) is 102 Å². The van der Waals surface area contributed by atoms with E-state index in [4.69, 9.17) is 17.3 Å². The maximum absolute atomic E-state index is 12.1. The lowest BCUT2D eigenvalue weighted by atomic mass is 10.2. The van der Waals surface area contributed by atoms with Gasteiger partial charge in [-0.05, 0) is 6.42 Å². The van der Waals surface area contributed by atoms with E-state index in [-0.39, 0.29) is 28.4 Å². The van der Waals surface area contributed by atoms with Crippen molar-refractivity contribution in [1.82, 2.24) is 9.88 Å².